The van der Waals surface area contributed by atoms with Crippen molar-refractivity contribution >= 4 is 6.21 Å². The van der Waals surface area contributed by atoms with Crippen molar-refractivity contribution in [2.45, 2.75) is 32.1 Å². The monoisotopic (exact) mass is 250 g/mol. The minimum Gasteiger partial charge on any atom is -0.361 e. The molecule has 1 aliphatic carbocycles. The second-order valence-electron chi connectivity index (χ2n) is 4.14. The summed E-state index contributed by atoms with van der Waals surface area (Å²) in [7, 11) is 0. The first-order valence-electron chi connectivity index (χ1n) is 5.96. The molecule has 0 heterocycles. The second-order valence-corrected chi connectivity index (χ2v) is 4.14. The van der Waals surface area contributed by atoms with E-state index in [1.54, 1.807) is 12.1 Å². The number of alkyl halides is 2. The fourth-order valence-corrected chi connectivity index (χ4v) is 1.77. The molecule has 0 amide bonds. The van der Waals surface area contributed by atoms with Crippen molar-refractivity contribution in [3.63, 3.8) is 0 Å². The van der Waals surface area contributed by atoms with Gasteiger partial charge in [0.25, 0.3) is 6.43 Å². The molecule has 0 saturated heterocycles. The van der Waals surface area contributed by atoms with E-state index < -0.39 is 6.43 Å². The Kier molecular flexibility index (Phi) is 4.45. The Morgan fingerprint density at radius 2 is 2.17 bits per heavy atom. The zero-order valence-corrected chi connectivity index (χ0v) is 9.90. The van der Waals surface area contributed by atoms with Gasteiger partial charge in [0.1, 0.15) is 12.0 Å². The second kappa shape index (κ2) is 6.28. The minimum atomic E-state index is -2.48. The molecule has 0 aliphatic heterocycles. The molecule has 18 heavy (non-hydrogen) atoms. The van der Waals surface area contributed by atoms with E-state index in [2.05, 4.69) is 11.4 Å². The summed E-state index contributed by atoms with van der Waals surface area (Å²) in [4.78, 5) is 5.17. The van der Waals surface area contributed by atoms with E-state index in [-0.39, 0.29) is 5.56 Å². The van der Waals surface area contributed by atoms with Gasteiger partial charge in [-0.15, -0.1) is 0 Å². The Balaban J connectivity index is 1.96. The average molecular weight is 250 g/mol. The van der Waals surface area contributed by atoms with Crippen LogP contribution in [-0.4, -0.2) is 6.21 Å². The predicted octanol–water partition coefficient (Wildman–Crippen LogP) is 4.31. The summed E-state index contributed by atoms with van der Waals surface area (Å²) < 4.78 is 24.9. The molecule has 0 atom stereocenters. The molecule has 1 radical (unpaired) electrons. The van der Waals surface area contributed by atoms with Gasteiger partial charge in [0.15, 0.2) is 0 Å². The quantitative estimate of drug-likeness (QED) is 0.576. The molecule has 2 rings (SSSR count). The Hall–Kier alpha value is -1.71. The lowest BCUT2D eigenvalue weighted by molar-refractivity contribution is 0.151. The van der Waals surface area contributed by atoms with Crippen LogP contribution in [0.4, 0.5) is 8.78 Å². The summed E-state index contributed by atoms with van der Waals surface area (Å²) >= 11 is 0. The molecule has 1 aromatic carbocycles. The van der Waals surface area contributed by atoms with Crippen LogP contribution >= 0.6 is 0 Å². The molecular formula is C14H14F2NO. The highest BCUT2D eigenvalue weighted by atomic mass is 19.3. The molecule has 1 aromatic rings. The zero-order chi connectivity index (χ0) is 12.8. The van der Waals surface area contributed by atoms with Crippen molar-refractivity contribution in [2.75, 3.05) is 0 Å². The van der Waals surface area contributed by atoms with E-state index in [0.29, 0.717) is 5.56 Å². The highest BCUT2D eigenvalue weighted by Crippen LogP contribution is 2.20. The first kappa shape index (κ1) is 12.7. The number of nitrogens with zero attached hydrogens (tertiary/aromatic N) is 1. The van der Waals surface area contributed by atoms with Crippen LogP contribution in [0, 0.1) is 0 Å². The number of rotatable bonds is 4. The van der Waals surface area contributed by atoms with Crippen LogP contribution in [0.25, 0.3) is 0 Å². The molecule has 4 heteroatoms. The molecular weight excluding hydrogens is 236 g/mol. The summed E-state index contributed by atoms with van der Waals surface area (Å²) in [5.41, 5.74) is 0.455. The van der Waals surface area contributed by atoms with Gasteiger partial charge >= 0.3 is 0 Å². The van der Waals surface area contributed by atoms with Crippen molar-refractivity contribution in [2.24, 2.45) is 5.16 Å². The largest absolute Gasteiger partial charge is 0.361 e. The van der Waals surface area contributed by atoms with Crippen LogP contribution in [0.3, 0.4) is 0 Å². The maximum absolute atomic E-state index is 12.5. The summed E-state index contributed by atoms with van der Waals surface area (Å²) in [5.74, 6) is 0.832. The highest BCUT2D eigenvalue weighted by molar-refractivity contribution is 5.79. The van der Waals surface area contributed by atoms with Gasteiger partial charge in [0.05, 0.1) is 0 Å². The molecule has 0 saturated carbocycles. The van der Waals surface area contributed by atoms with Crippen LogP contribution in [0.15, 0.2) is 41.3 Å². The van der Waals surface area contributed by atoms with E-state index in [1.807, 2.05) is 6.08 Å². The zero-order valence-electron chi connectivity index (χ0n) is 9.90. The van der Waals surface area contributed by atoms with Crippen LogP contribution in [0.2, 0.25) is 0 Å². The summed E-state index contributed by atoms with van der Waals surface area (Å²) in [5, 5.41) is 3.70. The van der Waals surface area contributed by atoms with Crippen molar-refractivity contribution in [1.29, 1.82) is 0 Å². The molecule has 0 aromatic heterocycles. The third kappa shape index (κ3) is 3.65. The van der Waals surface area contributed by atoms with Gasteiger partial charge < -0.3 is 4.84 Å². The normalized spacial score (nSPS) is 16.1. The first-order chi connectivity index (χ1) is 8.75. The van der Waals surface area contributed by atoms with E-state index in [4.69, 9.17) is 4.84 Å². The molecule has 0 spiro atoms. The lowest BCUT2D eigenvalue weighted by Crippen LogP contribution is -1.94. The fourth-order valence-electron chi connectivity index (χ4n) is 1.77. The lowest BCUT2D eigenvalue weighted by Gasteiger charge is -2.08. The number of allylic oxidation sites excluding steroid dienone is 2. The Labute approximate surface area is 105 Å². The fraction of sp³-hybridized carbons (Fsp3) is 0.357. The first-order valence-corrected chi connectivity index (χ1v) is 5.96. The van der Waals surface area contributed by atoms with Crippen molar-refractivity contribution in [1.82, 2.24) is 0 Å². The van der Waals surface area contributed by atoms with Crippen LogP contribution < -0.4 is 0 Å². The number of benzene rings is 1. The Morgan fingerprint density at radius 1 is 1.28 bits per heavy atom. The summed E-state index contributed by atoms with van der Waals surface area (Å²) in [6.07, 6.45) is 6.30. The van der Waals surface area contributed by atoms with Gasteiger partial charge in [-0.2, -0.15) is 0 Å². The van der Waals surface area contributed by atoms with Crippen LogP contribution in [-0.2, 0) is 4.84 Å². The van der Waals surface area contributed by atoms with Crippen LogP contribution in [0.1, 0.15) is 43.2 Å². The SMILES string of the molecule is FC(F)c1cccc([C]=NOC2=CCCCC2)c1. The molecule has 2 nitrogen and oxygen atoms in total. The standard InChI is InChI=1S/C14H14F2NO/c15-14(16)12-6-4-5-11(9-12)10-17-18-13-7-2-1-3-8-13/h4-7,9,14H,1-3,8H2. The Morgan fingerprint density at radius 3 is 2.89 bits per heavy atom. The summed E-state index contributed by atoms with van der Waals surface area (Å²) in [6.45, 7) is 0. The minimum absolute atomic E-state index is 0.0351. The average Bonchev–Trinajstić information content (AvgIpc) is 2.40. The van der Waals surface area contributed by atoms with Crippen molar-refractivity contribution in [3.8, 4) is 0 Å². The van der Waals surface area contributed by atoms with Gasteiger partial charge in [-0.3, -0.25) is 0 Å². The number of hydrogen-bond acceptors (Lipinski definition) is 2. The highest BCUT2D eigenvalue weighted by Gasteiger charge is 2.07. The van der Waals surface area contributed by atoms with Gasteiger partial charge in [0.2, 0.25) is 0 Å². The third-order valence-corrected chi connectivity index (χ3v) is 2.73. The van der Waals surface area contributed by atoms with Gasteiger partial charge in [-0.25, -0.2) is 8.78 Å². The number of halogens is 2. The topological polar surface area (TPSA) is 21.6 Å². The van der Waals surface area contributed by atoms with E-state index >= 15 is 0 Å². The third-order valence-electron chi connectivity index (χ3n) is 2.73. The van der Waals surface area contributed by atoms with Crippen molar-refractivity contribution in [3.05, 3.63) is 47.2 Å². The van der Waals surface area contributed by atoms with Gasteiger partial charge in [0, 0.05) is 17.5 Å². The predicted molar refractivity (Wildman–Crippen MR) is 65.6 cm³/mol. The Bertz CT molecular complexity index is 455. The lowest BCUT2D eigenvalue weighted by atomic mass is 10.1. The van der Waals surface area contributed by atoms with E-state index in [9.17, 15) is 8.78 Å². The van der Waals surface area contributed by atoms with Gasteiger partial charge in [-0.05, 0) is 31.4 Å². The molecule has 0 N–H and O–H groups in total. The molecule has 0 bridgehead atoms. The summed E-state index contributed by atoms with van der Waals surface area (Å²) in [6, 6.07) is 5.94. The smallest absolute Gasteiger partial charge is 0.263 e. The molecule has 0 unspecified atom stereocenters. The molecule has 95 valence electrons. The molecule has 0 fully saturated rings. The van der Waals surface area contributed by atoms with E-state index in [1.165, 1.54) is 18.6 Å². The maximum Gasteiger partial charge on any atom is 0.263 e. The van der Waals surface area contributed by atoms with Crippen molar-refractivity contribution < 1.29 is 13.6 Å². The molecule has 1 aliphatic rings. The maximum atomic E-state index is 12.5. The van der Waals surface area contributed by atoms with E-state index in [0.717, 1.165) is 25.0 Å². The van der Waals surface area contributed by atoms with Crippen LogP contribution in [0.5, 0.6) is 0 Å². The van der Waals surface area contributed by atoms with Gasteiger partial charge in [-0.1, -0.05) is 23.4 Å². The number of hydrogen-bond donors (Lipinski definition) is 0.